The number of thiophene rings is 1. The lowest BCUT2D eigenvalue weighted by Crippen LogP contribution is -1.90. The maximum atomic E-state index is 6.05. The molecule has 23 heavy (non-hydrogen) atoms. The van der Waals surface area contributed by atoms with Crippen LogP contribution in [0.2, 0.25) is 5.15 Å². The van der Waals surface area contributed by atoms with Crippen LogP contribution in [0.5, 0.6) is 11.6 Å². The van der Waals surface area contributed by atoms with Crippen molar-refractivity contribution in [1.29, 1.82) is 0 Å². The van der Waals surface area contributed by atoms with Crippen LogP contribution in [0, 0.1) is 0 Å². The van der Waals surface area contributed by atoms with Crippen LogP contribution in [-0.4, -0.2) is 15.0 Å². The Kier molecular flexibility index (Phi) is 3.65. The monoisotopic (exact) mass is 339 g/mol. The molecule has 0 amide bonds. The molecule has 0 radical (unpaired) electrons. The van der Waals surface area contributed by atoms with Crippen LogP contribution in [0.25, 0.3) is 20.7 Å². The third-order valence-electron chi connectivity index (χ3n) is 3.28. The third kappa shape index (κ3) is 2.76. The highest BCUT2D eigenvalue weighted by Gasteiger charge is 2.13. The molecule has 3 heterocycles. The maximum absolute atomic E-state index is 6.05. The summed E-state index contributed by atoms with van der Waals surface area (Å²) in [6.45, 7) is 0. The van der Waals surface area contributed by atoms with Gasteiger partial charge in [0.1, 0.15) is 11.2 Å². The van der Waals surface area contributed by atoms with Crippen molar-refractivity contribution in [3.63, 3.8) is 0 Å². The van der Waals surface area contributed by atoms with Gasteiger partial charge in [0, 0.05) is 11.1 Å². The van der Waals surface area contributed by atoms with Crippen LogP contribution in [0.4, 0.5) is 0 Å². The van der Waals surface area contributed by atoms with Crippen LogP contribution in [-0.2, 0) is 0 Å². The maximum Gasteiger partial charge on any atom is 0.231 e. The predicted molar refractivity (Wildman–Crippen MR) is 92.2 cm³/mol. The summed E-state index contributed by atoms with van der Waals surface area (Å²) in [6.07, 6.45) is 3.11. The second-order valence-electron chi connectivity index (χ2n) is 4.77. The van der Waals surface area contributed by atoms with E-state index in [1.54, 1.807) is 29.7 Å². The summed E-state index contributed by atoms with van der Waals surface area (Å²) in [6, 6.07) is 15.7. The van der Waals surface area contributed by atoms with E-state index < -0.39 is 0 Å². The second kappa shape index (κ2) is 5.95. The standard InChI is InChI=1S/C17H10ClN3OS/c18-15-13(7-4-8-19-15)22-16-12-9-14(11-5-2-1-3-6-11)23-17(12)21-10-20-16/h1-10H. The van der Waals surface area contributed by atoms with E-state index in [2.05, 4.69) is 27.1 Å². The normalized spacial score (nSPS) is 10.8. The molecule has 0 aliphatic rings. The van der Waals surface area contributed by atoms with Crippen molar-refractivity contribution in [3.8, 4) is 22.1 Å². The number of benzene rings is 1. The summed E-state index contributed by atoms with van der Waals surface area (Å²) in [7, 11) is 0. The third-order valence-corrected chi connectivity index (χ3v) is 4.66. The first-order valence-corrected chi connectivity index (χ1v) is 8.09. The lowest BCUT2D eigenvalue weighted by atomic mass is 10.2. The molecule has 4 nitrogen and oxygen atoms in total. The molecular formula is C17H10ClN3OS. The first-order chi connectivity index (χ1) is 11.3. The first-order valence-electron chi connectivity index (χ1n) is 6.89. The average Bonchev–Trinajstić information content (AvgIpc) is 3.03. The molecule has 3 aromatic heterocycles. The van der Waals surface area contributed by atoms with Gasteiger partial charge in [-0.25, -0.2) is 15.0 Å². The summed E-state index contributed by atoms with van der Waals surface area (Å²) in [5.74, 6) is 0.949. The van der Waals surface area contributed by atoms with Crippen molar-refractivity contribution in [2.24, 2.45) is 0 Å². The molecule has 0 unspecified atom stereocenters. The minimum atomic E-state index is 0.303. The number of rotatable bonds is 3. The topological polar surface area (TPSA) is 47.9 Å². The number of fused-ring (bicyclic) bond motifs is 1. The van der Waals surface area contributed by atoms with Gasteiger partial charge in [-0.3, -0.25) is 0 Å². The van der Waals surface area contributed by atoms with E-state index in [1.807, 2.05) is 24.3 Å². The SMILES string of the molecule is Clc1ncccc1Oc1ncnc2sc(-c3ccccc3)cc12. The first kappa shape index (κ1) is 14.1. The Morgan fingerprint density at radius 3 is 2.65 bits per heavy atom. The molecule has 0 aliphatic carbocycles. The smallest absolute Gasteiger partial charge is 0.231 e. The van der Waals surface area contributed by atoms with Crippen LogP contribution in [0.3, 0.4) is 0 Å². The van der Waals surface area contributed by atoms with Crippen LogP contribution in [0.15, 0.2) is 61.1 Å². The molecule has 0 spiro atoms. The number of nitrogens with zero attached hydrogens (tertiary/aromatic N) is 3. The molecule has 4 aromatic rings. The molecule has 0 fully saturated rings. The number of halogens is 1. The minimum Gasteiger partial charge on any atom is -0.435 e. The molecule has 0 saturated heterocycles. The Morgan fingerprint density at radius 1 is 0.957 bits per heavy atom. The van der Waals surface area contributed by atoms with Gasteiger partial charge in [0.05, 0.1) is 5.39 Å². The van der Waals surface area contributed by atoms with Crippen molar-refractivity contribution < 1.29 is 4.74 Å². The predicted octanol–water partition coefficient (Wildman–Crippen LogP) is 5.20. The van der Waals surface area contributed by atoms with Crippen molar-refractivity contribution in [2.45, 2.75) is 0 Å². The highest BCUT2D eigenvalue weighted by atomic mass is 35.5. The van der Waals surface area contributed by atoms with Crippen LogP contribution in [0.1, 0.15) is 0 Å². The number of aromatic nitrogens is 3. The van der Waals surface area contributed by atoms with E-state index in [0.29, 0.717) is 16.8 Å². The molecular weight excluding hydrogens is 330 g/mol. The van der Waals surface area contributed by atoms with Gasteiger partial charge in [-0.15, -0.1) is 11.3 Å². The summed E-state index contributed by atoms with van der Waals surface area (Å²) in [5.41, 5.74) is 1.14. The molecule has 112 valence electrons. The highest BCUT2D eigenvalue weighted by Crippen LogP contribution is 2.37. The molecule has 1 aromatic carbocycles. The Bertz CT molecular complexity index is 972. The lowest BCUT2D eigenvalue weighted by Gasteiger charge is -2.05. The summed E-state index contributed by atoms with van der Waals surface area (Å²) >= 11 is 7.65. The van der Waals surface area contributed by atoms with Crippen molar-refractivity contribution in [3.05, 3.63) is 66.2 Å². The second-order valence-corrected chi connectivity index (χ2v) is 6.16. The van der Waals surface area contributed by atoms with E-state index in [0.717, 1.165) is 20.7 Å². The van der Waals surface area contributed by atoms with E-state index in [-0.39, 0.29) is 0 Å². The molecule has 0 aliphatic heterocycles. The van der Waals surface area contributed by atoms with Gasteiger partial charge < -0.3 is 4.74 Å². The van der Waals surface area contributed by atoms with Crippen molar-refractivity contribution in [1.82, 2.24) is 15.0 Å². The number of pyridine rings is 1. The van der Waals surface area contributed by atoms with Gasteiger partial charge in [0.2, 0.25) is 5.88 Å². The fourth-order valence-corrected chi connectivity index (χ4v) is 3.36. The van der Waals surface area contributed by atoms with E-state index in [9.17, 15) is 0 Å². The van der Waals surface area contributed by atoms with Gasteiger partial charge in [-0.1, -0.05) is 41.9 Å². The zero-order valence-corrected chi connectivity index (χ0v) is 13.4. The Morgan fingerprint density at radius 2 is 1.83 bits per heavy atom. The Balaban J connectivity index is 1.79. The molecule has 0 atom stereocenters. The lowest BCUT2D eigenvalue weighted by molar-refractivity contribution is 0.466. The van der Waals surface area contributed by atoms with Crippen LogP contribution < -0.4 is 4.74 Å². The van der Waals surface area contributed by atoms with Gasteiger partial charge in [-0.2, -0.15) is 0 Å². The number of hydrogen-bond acceptors (Lipinski definition) is 5. The zero-order chi connectivity index (χ0) is 15.6. The summed E-state index contributed by atoms with van der Waals surface area (Å²) in [4.78, 5) is 14.6. The van der Waals surface area contributed by atoms with E-state index >= 15 is 0 Å². The van der Waals surface area contributed by atoms with Crippen molar-refractivity contribution >= 4 is 33.2 Å². The molecule has 0 saturated carbocycles. The zero-order valence-electron chi connectivity index (χ0n) is 11.8. The summed E-state index contributed by atoms with van der Waals surface area (Å²) < 4.78 is 5.83. The quantitative estimate of drug-likeness (QED) is 0.481. The number of ether oxygens (including phenoxy) is 1. The minimum absolute atomic E-state index is 0.303. The fourth-order valence-electron chi connectivity index (χ4n) is 2.21. The van der Waals surface area contributed by atoms with Gasteiger partial charge >= 0.3 is 0 Å². The number of hydrogen-bond donors (Lipinski definition) is 0. The van der Waals surface area contributed by atoms with Crippen molar-refractivity contribution in [2.75, 3.05) is 0 Å². The molecule has 6 heteroatoms. The highest BCUT2D eigenvalue weighted by molar-refractivity contribution is 7.21. The fraction of sp³-hybridized carbons (Fsp3) is 0. The molecule has 0 bridgehead atoms. The van der Waals surface area contributed by atoms with E-state index in [4.69, 9.17) is 16.3 Å². The Hall–Kier alpha value is -2.50. The van der Waals surface area contributed by atoms with Gasteiger partial charge in [0.25, 0.3) is 0 Å². The Labute approximate surface area is 141 Å². The van der Waals surface area contributed by atoms with Gasteiger partial charge in [0.15, 0.2) is 10.9 Å². The summed E-state index contributed by atoms with van der Waals surface area (Å²) in [5, 5.41) is 1.16. The van der Waals surface area contributed by atoms with E-state index in [1.165, 1.54) is 6.33 Å². The van der Waals surface area contributed by atoms with Crippen LogP contribution >= 0.6 is 22.9 Å². The largest absolute Gasteiger partial charge is 0.435 e. The molecule has 0 N–H and O–H groups in total. The molecule has 4 rings (SSSR count). The average molecular weight is 340 g/mol. The van der Waals surface area contributed by atoms with Gasteiger partial charge in [-0.05, 0) is 23.8 Å².